The predicted molar refractivity (Wildman–Crippen MR) is 81.9 cm³/mol. The van der Waals surface area contributed by atoms with E-state index in [0.717, 1.165) is 5.69 Å². The number of nitrogens with two attached hydrogens (primary N) is 1. The van der Waals surface area contributed by atoms with E-state index < -0.39 is 0 Å². The summed E-state index contributed by atoms with van der Waals surface area (Å²) in [5.41, 5.74) is 6.98. The number of nitrogen functional groups attached to an aromatic ring is 1. The topological polar surface area (TPSA) is 85.8 Å². The highest BCUT2D eigenvalue weighted by Crippen LogP contribution is 2.22. The lowest BCUT2D eigenvalue weighted by Crippen LogP contribution is -2.28. The summed E-state index contributed by atoms with van der Waals surface area (Å²) in [7, 11) is 0. The fourth-order valence-corrected chi connectivity index (χ4v) is 1.89. The third-order valence-corrected chi connectivity index (χ3v) is 3.06. The van der Waals surface area contributed by atoms with Crippen molar-refractivity contribution in [1.82, 2.24) is 20.1 Å². The lowest BCUT2D eigenvalue weighted by Gasteiger charge is -2.19. The van der Waals surface area contributed by atoms with Gasteiger partial charge in [-0.1, -0.05) is 20.8 Å². The molecule has 0 aliphatic rings. The highest BCUT2D eigenvalue weighted by Gasteiger charge is 2.18. The summed E-state index contributed by atoms with van der Waals surface area (Å²) in [4.78, 5) is 16.5. The van der Waals surface area contributed by atoms with Gasteiger partial charge in [-0.25, -0.2) is 4.98 Å². The predicted octanol–water partition coefficient (Wildman–Crippen LogP) is 1.59. The van der Waals surface area contributed by atoms with E-state index in [2.05, 4.69) is 15.4 Å². The Balaban J connectivity index is 2.03. The maximum absolute atomic E-state index is 12.2. The first-order valence-electron chi connectivity index (χ1n) is 6.90. The van der Waals surface area contributed by atoms with Gasteiger partial charge in [-0.05, 0) is 18.2 Å². The standard InChI is InChI=1S/C15H21N5O/c1-15(2,3)12-9-11(10-13(16)19-12)14(21)17-6-8-20-7-4-5-18-20/h4-5,7,9-10H,6,8H2,1-3H3,(H2,16,19)(H,17,21). The normalized spacial score (nSPS) is 11.4. The van der Waals surface area contributed by atoms with Crippen LogP contribution >= 0.6 is 0 Å². The highest BCUT2D eigenvalue weighted by molar-refractivity contribution is 5.94. The fourth-order valence-electron chi connectivity index (χ4n) is 1.89. The molecule has 0 fully saturated rings. The van der Waals surface area contributed by atoms with E-state index in [1.54, 1.807) is 23.0 Å². The van der Waals surface area contributed by atoms with Gasteiger partial charge in [0.2, 0.25) is 0 Å². The average molecular weight is 287 g/mol. The summed E-state index contributed by atoms with van der Waals surface area (Å²) in [5, 5.41) is 6.94. The number of hydrogen-bond acceptors (Lipinski definition) is 4. The zero-order valence-electron chi connectivity index (χ0n) is 12.6. The molecule has 1 amide bonds. The molecular weight excluding hydrogens is 266 g/mol. The van der Waals surface area contributed by atoms with Crippen molar-refractivity contribution < 1.29 is 4.79 Å². The molecule has 0 atom stereocenters. The number of nitrogens with one attached hydrogen (secondary N) is 1. The Morgan fingerprint density at radius 3 is 2.76 bits per heavy atom. The van der Waals surface area contributed by atoms with Crippen molar-refractivity contribution >= 4 is 11.7 Å². The number of hydrogen-bond donors (Lipinski definition) is 2. The minimum Gasteiger partial charge on any atom is -0.384 e. The number of amides is 1. The molecule has 0 unspecified atom stereocenters. The first kappa shape index (κ1) is 15.0. The maximum Gasteiger partial charge on any atom is 0.251 e. The van der Waals surface area contributed by atoms with E-state index in [4.69, 9.17) is 5.73 Å². The Labute approximate surface area is 124 Å². The molecule has 0 saturated heterocycles. The summed E-state index contributed by atoms with van der Waals surface area (Å²) in [6.45, 7) is 7.25. The monoisotopic (exact) mass is 287 g/mol. The molecule has 2 aromatic rings. The quantitative estimate of drug-likeness (QED) is 0.894. The Morgan fingerprint density at radius 1 is 1.38 bits per heavy atom. The number of pyridine rings is 1. The molecule has 3 N–H and O–H groups in total. The molecule has 0 spiro atoms. The van der Waals surface area contributed by atoms with Gasteiger partial charge in [0.15, 0.2) is 0 Å². The molecular formula is C15H21N5O. The van der Waals surface area contributed by atoms with Gasteiger partial charge in [-0.15, -0.1) is 0 Å². The summed E-state index contributed by atoms with van der Waals surface area (Å²) < 4.78 is 1.77. The average Bonchev–Trinajstić information content (AvgIpc) is 2.90. The molecule has 6 heteroatoms. The van der Waals surface area contributed by atoms with Gasteiger partial charge in [0.25, 0.3) is 5.91 Å². The molecule has 112 valence electrons. The second-order valence-corrected chi connectivity index (χ2v) is 5.94. The van der Waals surface area contributed by atoms with E-state index in [-0.39, 0.29) is 11.3 Å². The number of carbonyl (C=O) groups excluding carboxylic acids is 1. The second kappa shape index (κ2) is 5.95. The largest absolute Gasteiger partial charge is 0.384 e. The van der Waals surface area contributed by atoms with E-state index in [1.807, 2.05) is 33.0 Å². The van der Waals surface area contributed by atoms with Crippen molar-refractivity contribution in [2.45, 2.75) is 32.7 Å². The third-order valence-electron chi connectivity index (χ3n) is 3.06. The highest BCUT2D eigenvalue weighted by atomic mass is 16.1. The van der Waals surface area contributed by atoms with Crippen molar-refractivity contribution in [1.29, 1.82) is 0 Å². The van der Waals surface area contributed by atoms with Gasteiger partial charge in [0.1, 0.15) is 5.82 Å². The minimum absolute atomic E-state index is 0.151. The first-order valence-corrected chi connectivity index (χ1v) is 6.90. The number of anilines is 1. The summed E-state index contributed by atoms with van der Waals surface area (Å²) in [6, 6.07) is 5.24. The minimum atomic E-state index is -0.153. The smallest absolute Gasteiger partial charge is 0.251 e. The van der Waals surface area contributed by atoms with E-state index in [0.29, 0.717) is 24.5 Å². The molecule has 0 bridgehead atoms. The van der Waals surface area contributed by atoms with Crippen LogP contribution in [0.3, 0.4) is 0 Å². The first-order chi connectivity index (χ1) is 9.86. The van der Waals surface area contributed by atoms with Crippen molar-refractivity contribution in [3.05, 3.63) is 41.9 Å². The van der Waals surface area contributed by atoms with Crippen molar-refractivity contribution in [2.75, 3.05) is 12.3 Å². The van der Waals surface area contributed by atoms with Crippen LogP contribution in [0.5, 0.6) is 0 Å². The summed E-state index contributed by atoms with van der Waals surface area (Å²) in [6.07, 6.45) is 3.56. The molecule has 0 saturated carbocycles. The molecule has 0 aromatic carbocycles. The molecule has 2 heterocycles. The molecule has 0 aliphatic carbocycles. The SMILES string of the molecule is CC(C)(C)c1cc(C(=O)NCCn2cccn2)cc(N)n1. The van der Waals surface area contributed by atoms with Crippen molar-refractivity contribution in [3.63, 3.8) is 0 Å². The van der Waals surface area contributed by atoms with Crippen LogP contribution in [0.25, 0.3) is 0 Å². The number of carbonyl (C=O) groups is 1. The fraction of sp³-hybridized carbons (Fsp3) is 0.400. The number of aromatic nitrogens is 3. The van der Waals surface area contributed by atoms with E-state index >= 15 is 0 Å². The number of nitrogens with zero attached hydrogens (tertiary/aromatic N) is 3. The Hall–Kier alpha value is -2.37. The maximum atomic E-state index is 12.2. The van der Waals surface area contributed by atoms with Gasteiger partial charge < -0.3 is 11.1 Å². The lowest BCUT2D eigenvalue weighted by molar-refractivity contribution is 0.0951. The van der Waals surface area contributed by atoms with Crippen LogP contribution in [0.2, 0.25) is 0 Å². The van der Waals surface area contributed by atoms with Gasteiger partial charge in [-0.3, -0.25) is 9.48 Å². The molecule has 2 rings (SSSR count). The van der Waals surface area contributed by atoms with Crippen LogP contribution in [-0.4, -0.2) is 27.2 Å². The van der Waals surface area contributed by atoms with Gasteiger partial charge >= 0.3 is 0 Å². The van der Waals surface area contributed by atoms with E-state index in [9.17, 15) is 4.79 Å². The van der Waals surface area contributed by atoms with Crippen LogP contribution in [0.15, 0.2) is 30.6 Å². The van der Waals surface area contributed by atoms with Crippen molar-refractivity contribution in [2.24, 2.45) is 0 Å². The van der Waals surface area contributed by atoms with Gasteiger partial charge in [0, 0.05) is 35.6 Å². The third kappa shape index (κ3) is 4.05. The van der Waals surface area contributed by atoms with Crippen LogP contribution in [0.1, 0.15) is 36.8 Å². The molecule has 6 nitrogen and oxygen atoms in total. The van der Waals surface area contributed by atoms with Gasteiger partial charge in [0.05, 0.1) is 6.54 Å². The summed E-state index contributed by atoms with van der Waals surface area (Å²) >= 11 is 0. The van der Waals surface area contributed by atoms with E-state index in [1.165, 1.54) is 0 Å². The molecule has 21 heavy (non-hydrogen) atoms. The van der Waals surface area contributed by atoms with Gasteiger partial charge in [-0.2, -0.15) is 5.10 Å². The zero-order chi connectivity index (χ0) is 15.5. The van der Waals surface area contributed by atoms with Crippen LogP contribution < -0.4 is 11.1 Å². The number of rotatable bonds is 4. The second-order valence-electron chi connectivity index (χ2n) is 5.94. The lowest BCUT2D eigenvalue weighted by atomic mass is 9.90. The summed E-state index contributed by atoms with van der Waals surface area (Å²) in [5.74, 6) is 0.210. The Morgan fingerprint density at radius 2 is 2.14 bits per heavy atom. The molecule has 0 radical (unpaired) electrons. The van der Waals surface area contributed by atoms with Crippen LogP contribution in [-0.2, 0) is 12.0 Å². The zero-order valence-corrected chi connectivity index (χ0v) is 12.6. The van der Waals surface area contributed by atoms with Crippen LogP contribution in [0, 0.1) is 0 Å². The van der Waals surface area contributed by atoms with Crippen molar-refractivity contribution in [3.8, 4) is 0 Å². The van der Waals surface area contributed by atoms with Crippen LogP contribution in [0.4, 0.5) is 5.82 Å². The Kier molecular flexibility index (Phi) is 4.26. The molecule has 0 aliphatic heterocycles. The molecule has 2 aromatic heterocycles. The Bertz CT molecular complexity index is 613.